The van der Waals surface area contributed by atoms with Crippen LogP contribution in [0, 0.1) is 0 Å². The average molecular weight is 489 g/mol. The van der Waals surface area contributed by atoms with Gasteiger partial charge in [0.2, 0.25) is 0 Å². The number of carbonyl (C=O) groups is 2. The number of benzene rings is 2. The standard InChI is InChI=1S/C26H33O7P/c1-25(2,3)20-15-19(22(27)14-11-17-9-12-18(13-10-17)24(28)29)16-21(26(4,5)6)23(20)33-34(30,31-7)32-8/h9-16H,1-8H3,(H,28,29). The van der Waals surface area contributed by atoms with Crippen molar-refractivity contribution in [1.29, 1.82) is 0 Å². The van der Waals surface area contributed by atoms with E-state index >= 15 is 0 Å². The van der Waals surface area contributed by atoms with Gasteiger partial charge < -0.3 is 9.63 Å². The molecule has 0 spiro atoms. The molecule has 0 unspecified atom stereocenters. The minimum atomic E-state index is -3.84. The minimum absolute atomic E-state index is 0.174. The Bertz CT molecular complexity index is 1090. The summed E-state index contributed by atoms with van der Waals surface area (Å²) in [4.78, 5) is 24.2. The van der Waals surface area contributed by atoms with Crippen LogP contribution in [0.2, 0.25) is 0 Å². The lowest BCUT2D eigenvalue weighted by molar-refractivity contribution is 0.0696. The second-order valence-corrected chi connectivity index (χ2v) is 11.7. The van der Waals surface area contributed by atoms with E-state index in [0.717, 1.165) is 0 Å². The summed E-state index contributed by atoms with van der Waals surface area (Å²) in [6, 6.07) is 9.72. The molecule has 34 heavy (non-hydrogen) atoms. The Morgan fingerprint density at radius 1 is 0.853 bits per heavy atom. The van der Waals surface area contributed by atoms with Gasteiger partial charge >= 0.3 is 13.8 Å². The summed E-state index contributed by atoms with van der Waals surface area (Å²) in [5, 5.41) is 9.03. The highest BCUT2D eigenvalue weighted by atomic mass is 31.2. The molecule has 8 heteroatoms. The second kappa shape index (κ2) is 10.3. The van der Waals surface area contributed by atoms with Gasteiger partial charge in [0.05, 0.1) is 5.56 Å². The molecule has 2 aromatic carbocycles. The topological polar surface area (TPSA) is 99.1 Å². The first kappa shape index (κ1) is 27.5. The zero-order chi connectivity index (χ0) is 25.9. The molecule has 0 bridgehead atoms. The number of ketones is 1. The van der Waals surface area contributed by atoms with Crippen LogP contribution in [-0.2, 0) is 24.4 Å². The maximum absolute atomic E-state index is 13.1. The number of aromatic carboxylic acids is 1. The van der Waals surface area contributed by atoms with Gasteiger partial charge in [-0.05, 0) is 46.7 Å². The van der Waals surface area contributed by atoms with Crippen LogP contribution >= 0.6 is 7.82 Å². The highest BCUT2D eigenvalue weighted by Gasteiger charge is 2.34. The first-order chi connectivity index (χ1) is 15.6. The molecule has 0 aromatic heterocycles. The van der Waals surface area contributed by atoms with Gasteiger partial charge in [0.25, 0.3) is 0 Å². The number of carboxylic acids is 1. The third kappa shape index (κ3) is 6.66. The molecule has 0 heterocycles. The Balaban J connectivity index is 2.60. The Morgan fingerprint density at radius 2 is 1.32 bits per heavy atom. The fraction of sp³-hybridized carbons (Fsp3) is 0.385. The fourth-order valence-electron chi connectivity index (χ4n) is 3.25. The molecule has 1 N–H and O–H groups in total. The molecule has 7 nitrogen and oxygen atoms in total. The molecule has 0 saturated heterocycles. The van der Waals surface area contributed by atoms with Crippen molar-refractivity contribution in [2.75, 3.05) is 14.2 Å². The summed E-state index contributed by atoms with van der Waals surface area (Å²) >= 11 is 0. The molecular weight excluding hydrogens is 455 g/mol. The molecule has 0 aliphatic rings. The van der Waals surface area contributed by atoms with E-state index in [1.807, 2.05) is 41.5 Å². The van der Waals surface area contributed by atoms with Crippen LogP contribution in [0.1, 0.15) is 78.9 Å². The van der Waals surface area contributed by atoms with Crippen LogP contribution in [0.5, 0.6) is 5.75 Å². The van der Waals surface area contributed by atoms with Crippen molar-refractivity contribution >= 4 is 25.7 Å². The predicted octanol–water partition coefficient (Wildman–Crippen LogP) is 6.66. The number of hydrogen-bond donors (Lipinski definition) is 1. The summed E-state index contributed by atoms with van der Waals surface area (Å²) in [5.74, 6) is -0.867. The molecule has 0 aliphatic heterocycles. The predicted molar refractivity (Wildman–Crippen MR) is 133 cm³/mol. The highest BCUT2D eigenvalue weighted by Crippen LogP contribution is 2.52. The van der Waals surface area contributed by atoms with Gasteiger partial charge in [-0.1, -0.05) is 59.8 Å². The van der Waals surface area contributed by atoms with Crippen LogP contribution in [-0.4, -0.2) is 31.1 Å². The second-order valence-electron chi connectivity index (χ2n) is 9.93. The fourth-order valence-corrected chi connectivity index (χ4v) is 3.97. The summed E-state index contributed by atoms with van der Waals surface area (Å²) in [6.07, 6.45) is 3.08. The van der Waals surface area contributed by atoms with E-state index in [0.29, 0.717) is 28.0 Å². The molecular formula is C26H33O7P. The van der Waals surface area contributed by atoms with Gasteiger partial charge in [-0.3, -0.25) is 13.8 Å². The molecule has 0 atom stereocenters. The maximum atomic E-state index is 13.1. The minimum Gasteiger partial charge on any atom is -0.478 e. The average Bonchev–Trinajstić information content (AvgIpc) is 2.76. The van der Waals surface area contributed by atoms with E-state index in [1.54, 1.807) is 30.3 Å². The Morgan fingerprint density at radius 3 is 1.71 bits per heavy atom. The van der Waals surface area contributed by atoms with Crippen molar-refractivity contribution in [3.05, 3.63) is 70.3 Å². The van der Waals surface area contributed by atoms with E-state index in [1.165, 1.54) is 32.4 Å². The van der Waals surface area contributed by atoms with Gasteiger partial charge in [0.15, 0.2) is 5.78 Å². The van der Waals surface area contributed by atoms with Gasteiger partial charge in [-0.15, -0.1) is 0 Å². The molecule has 0 aliphatic carbocycles. The van der Waals surface area contributed by atoms with Crippen molar-refractivity contribution in [1.82, 2.24) is 0 Å². The summed E-state index contributed by atoms with van der Waals surface area (Å²) in [7, 11) is -1.33. The summed E-state index contributed by atoms with van der Waals surface area (Å²) in [5.41, 5.74) is 1.81. The Kier molecular flexibility index (Phi) is 8.30. The van der Waals surface area contributed by atoms with Crippen molar-refractivity contribution in [3.63, 3.8) is 0 Å². The van der Waals surface area contributed by atoms with Gasteiger partial charge in [-0.25, -0.2) is 9.36 Å². The number of hydrogen-bond acceptors (Lipinski definition) is 6. The van der Waals surface area contributed by atoms with E-state index in [-0.39, 0.29) is 11.3 Å². The lowest BCUT2D eigenvalue weighted by Gasteiger charge is -2.31. The zero-order valence-corrected chi connectivity index (χ0v) is 21.9. The normalized spacial score (nSPS) is 12.7. The third-order valence-electron chi connectivity index (χ3n) is 5.22. The van der Waals surface area contributed by atoms with Crippen molar-refractivity contribution in [2.45, 2.75) is 52.4 Å². The van der Waals surface area contributed by atoms with E-state index in [2.05, 4.69) is 0 Å². The smallest absolute Gasteiger partial charge is 0.478 e. The first-order valence-electron chi connectivity index (χ1n) is 10.8. The lowest BCUT2D eigenvalue weighted by atomic mass is 9.78. The van der Waals surface area contributed by atoms with Crippen LogP contribution in [0.4, 0.5) is 0 Å². The number of carbonyl (C=O) groups excluding carboxylic acids is 1. The third-order valence-corrected chi connectivity index (χ3v) is 6.53. The number of phosphoric acid groups is 1. The quantitative estimate of drug-likeness (QED) is 0.252. The Labute approximate surface area is 201 Å². The first-order valence-corrected chi connectivity index (χ1v) is 12.2. The monoisotopic (exact) mass is 488 g/mol. The van der Waals surface area contributed by atoms with Crippen LogP contribution in [0.25, 0.3) is 6.08 Å². The molecule has 0 radical (unpaired) electrons. The van der Waals surface area contributed by atoms with Crippen molar-refractivity contribution in [3.8, 4) is 5.75 Å². The van der Waals surface area contributed by atoms with Crippen LogP contribution in [0.15, 0.2) is 42.5 Å². The summed E-state index contributed by atoms with van der Waals surface area (Å²) in [6.45, 7) is 11.8. The van der Waals surface area contributed by atoms with Gasteiger partial charge in [-0.2, -0.15) is 0 Å². The van der Waals surface area contributed by atoms with Gasteiger partial charge in [0.1, 0.15) is 5.75 Å². The Hall–Kier alpha value is -2.73. The number of carboxylic acid groups (broad SMARTS) is 1. The number of phosphoric ester groups is 1. The number of allylic oxidation sites excluding steroid dienone is 1. The number of rotatable bonds is 8. The molecule has 2 aromatic rings. The van der Waals surface area contributed by atoms with E-state index < -0.39 is 24.6 Å². The zero-order valence-electron chi connectivity index (χ0n) is 21.0. The highest BCUT2D eigenvalue weighted by molar-refractivity contribution is 7.48. The molecule has 0 fully saturated rings. The van der Waals surface area contributed by atoms with Crippen LogP contribution in [0.3, 0.4) is 0 Å². The van der Waals surface area contributed by atoms with E-state index in [4.69, 9.17) is 18.7 Å². The summed E-state index contributed by atoms with van der Waals surface area (Å²) < 4.78 is 28.7. The van der Waals surface area contributed by atoms with Crippen LogP contribution < -0.4 is 4.52 Å². The van der Waals surface area contributed by atoms with E-state index in [9.17, 15) is 14.2 Å². The van der Waals surface area contributed by atoms with Crippen molar-refractivity contribution < 1.29 is 32.8 Å². The largest absolute Gasteiger partial charge is 0.529 e. The molecule has 2 rings (SSSR count). The van der Waals surface area contributed by atoms with Gasteiger partial charge in [0, 0.05) is 30.9 Å². The maximum Gasteiger partial charge on any atom is 0.529 e. The SMILES string of the molecule is COP(=O)(OC)Oc1c(C(C)(C)C)cc(C(=O)C=Cc2ccc(C(=O)O)cc2)cc1C(C)(C)C. The molecule has 0 saturated carbocycles. The lowest BCUT2D eigenvalue weighted by Crippen LogP contribution is -2.21. The molecule has 0 amide bonds. The molecule has 184 valence electrons. The van der Waals surface area contributed by atoms with Crippen molar-refractivity contribution in [2.24, 2.45) is 0 Å².